The van der Waals surface area contributed by atoms with Gasteiger partial charge in [-0.05, 0) is 86.1 Å². The first-order valence-corrected chi connectivity index (χ1v) is 13.1. The topological polar surface area (TPSA) is 25.8 Å². The molecular formula is C34H34N2. The molecule has 3 aromatic carbocycles. The van der Waals surface area contributed by atoms with Crippen molar-refractivity contribution in [3.8, 4) is 22.4 Å². The third-order valence-electron chi connectivity index (χ3n) is 6.86. The molecule has 0 saturated carbocycles. The van der Waals surface area contributed by atoms with Crippen molar-refractivity contribution in [1.82, 2.24) is 9.97 Å². The highest BCUT2D eigenvalue weighted by Crippen LogP contribution is 2.33. The SMILES string of the molecule is Cc1cc(-c2cc(-c3cccc(CCCCCCc4ccccc4)c3)c3ccccc3n2)cc(C)n1. The van der Waals surface area contributed by atoms with Gasteiger partial charge in [0.25, 0.3) is 0 Å². The molecule has 0 amide bonds. The van der Waals surface area contributed by atoms with Crippen LogP contribution in [0.5, 0.6) is 0 Å². The van der Waals surface area contributed by atoms with Crippen molar-refractivity contribution >= 4 is 10.9 Å². The lowest BCUT2D eigenvalue weighted by atomic mass is 9.95. The predicted molar refractivity (Wildman–Crippen MR) is 152 cm³/mol. The Morgan fingerprint density at radius 2 is 1.19 bits per heavy atom. The highest BCUT2D eigenvalue weighted by atomic mass is 14.7. The molecule has 2 heteroatoms. The van der Waals surface area contributed by atoms with Crippen LogP contribution in [-0.4, -0.2) is 9.97 Å². The van der Waals surface area contributed by atoms with Crippen molar-refractivity contribution in [3.63, 3.8) is 0 Å². The first-order valence-electron chi connectivity index (χ1n) is 13.1. The van der Waals surface area contributed by atoms with Crippen LogP contribution in [0.4, 0.5) is 0 Å². The Morgan fingerprint density at radius 3 is 1.97 bits per heavy atom. The van der Waals surface area contributed by atoms with Crippen LogP contribution in [0.2, 0.25) is 0 Å². The Bertz CT molecular complexity index is 1430. The van der Waals surface area contributed by atoms with Gasteiger partial charge in [0, 0.05) is 22.3 Å². The molecule has 2 heterocycles. The maximum atomic E-state index is 5.01. The van der Waals surface area contributed by atoms with E-state index in [1.54, 1.807) is 0 Å². The molecule has 2 nitrogen and oxygen atoms in total. The third kappa shape index (κ3) is 5.88. The van der Waals surface area contributed by atoms with Gasteiger partial charge in [-0.25, -0.2) is 4.98 Å². The van der Waals surface area contributed by atoms with E-state index < -0.39 is 0 Å². The van der Waals surface area contributed by atoms with Crippen molar-refractivity contribution in [2.75, 3.05) is 0 Å². The monoisotopic (exact) mass is 470 g/mol. The van der Waals surface area contributed by atoms with Gasteiger partial charge in [-0.2, -0.15) is 0 Å². The summed E-state index contributed by atoms with van der Waals surface area (Å²) in [6.07, 6.45) is 7.37. The molecular weight excluding hydrogens is 436 g/mol. The summed E-state index contributed by atoms with van der Waals surface area (Å²) in [4.78, 5) is 9.56. The second kappa shape index (κ2) is 11.3. The third-order valence-corrected chi connectivity index (χ3v) is 6.86. The highest BCUT2D eigenvalue weighted by molar-refractivity contribution is 5.96. The number of aryl methyl sites for hydroxylation is 4. The van der Waals surface area contributed by atoms with E-state index in [1.165, 1.54) is 59.7 Å². The Balaban J connectivity index is 1.33. The molecule has 5 aromatic rings. The Kier molecular flexibility index (Phi) is 7.52. The van der Waals surface area contributed by atoms with Gasteiger partial charge >= 0.3 is 0 Å². The second-order valence-corrected chi connectivity index (χ2v) is 9.81. The number of rotatable bonds is 9. The molecule has 0 fully saturated rings. The minimum atomic E-state index is 1.00. The Hall–Kier alpha value is -3.78. The van der Waals surface area contributed by atoms with Crippen LogP contribution in [0.25, 0.3) is 33.3 Å². The summed E-state index contributed by atoms with van der Waals surface area (Å²) < 4.78 is 0. The molecule has 0 saturated heterocycles. The van der Waals surface area contributed by atoms with Gasteiger partial charge in [-0.3, -0.25) is 4.98 Å². The quantitative estimate of drug-likeness (QED) is 0.201. The summed E-state index contributed by atoms with van der Waals surface area (Å²) in [5.74, 6) is 0. The van der Waals surface area contributed by atoms with Crippen LogP contribution in [0.15, 0.2) is 97.1 Å². The van der Waals surface area contributed by atoms with E-state index in [-0.39, 0.29) is 0 Å². The molecule has 0 aliphatic carbocycles. The minimum Gasteiger partial charge on any atom is -0.258 e. The number of para-hydroxylation sites is 1. The molecule has 0 bridgehead atoms. The predicted octanol–water partition coefficient (Wildman–Crippen LogP) is 8.93. The molecule has 2 aromatic heterocycles. The van der Waals surface area contributed by atoms with Gasteiger partial charge < -0.3 is 0 Å². The summed E-state index contributed by atoms with van der Waals surface area (Å²) >= 11 is 0. The number of hydrogen-bond acceptors (Lipinski definition) is 2. The van der Waals surface area contributed by atoms with Crippen LogP contribution in [0.3, 0.4) is 0 Å². The summed E-state index contributed by atoms with van der Waals surface area (Å²) in [7, 11) is 0. The number of nitrogens with zero attached hydrogens (tertiary/aromatic N) is 2. The summed E-state index contributed by atoms with van der Waals surface area (Å²) in [6, 6.07) is 34.9. The second-order valence-electron chi connectivity index (χ2n) is 9.81. The van der Waals surface area contributed by atoms with Gasteiger partial charge in [0.15, 0.2) is 0 Å². The lowest BCUT2D eigenvalue weighted by Crippen LogP contribution is -1.94. The maximum absolute atomic E-state index is 5.01. The molecule has 5 rings (SSSR count). The van der Waals surface area contributed by atoms with Gasteiger partial charge in [-0.15, -0.1) is 0 Å². The van der Waals surface area contributed by atoms with E-state index in [1.807, 2.05) is 13.8 Å². The lowest BCUT2D eigenvalue weighted by molar-refractivity contribution is 0.640. The van der Waals surface area contributed by atoms with E-state index in [0.717, 1.165) is 34.6 Å². The standard InChI is InChI=1S/C34H34N2/c1-25-21-30(22-26(2)35-25)34-24-32(31-19-10-11-20-33(31)36-34)29-18-12-17-28(23-29)16-7-4-3-6-13-27-14-8-5-9-15-27/h5,8-12,14-15,17-24H,3-4,6-7,13,16H2,1-2H3. The van der Waals surface area contributed by atoms with Gasteiger partial charge in [0.2, 0.25) is 0 Å². The molecule has 180 valence electrons. The molecule has 0 atom stereocenters. The number of fused-ring (bicyclic) bond motifs is 1. The molecule has 0 radical (unpaired) electrons. The van der Waals surface area contributed by atoms with Gasteiger partial charge in [0.05, 0.1) is 11.2 Å². The van der Waals surface area contributed by atoms with Crippen molar-refractivity contribution in [2.45, 2.75) is 52.4 Å². The van der Waals surface area contributed by atoms with E-state index in [2.05, 4.69) is 102 Å². The lowest BCUT2D eigenvalue weighted by Gasteiger charge is -2.12. The van der Waals surface area contributed by atoms with Crippen molar-refractivity contribution < 1.29 is 0 Å². The van der Waals surface area contributed by atoms with E-state index >= 15 is 0 Å². The number of unbranched alkanes of at least 4 members (excludes halogenated alkanes) is 3. The number of hydrogen-bond donors (Lipinski definition) is 0. The first-order chi connectivity index (χ1) is 17.7. The molecule has 0 spiro atoms. The fraction of sp³-hybridized carbons (Fsp3) is 0.235. The van der Waals surface area contributed by atoms with E-state index in [9.17, 15) is 0 Å². The zero-order valence-corrected chi connectivity index (χ0v) is 21.4. The van der Waals surface area contributed by atoms with Crippen LogP contribution in [-0.2, 0) is 12.8 Å². The summed E-state index contributed by atoms with van der Waals surface area (Å²) in [5.41, 5.74) is 10.6. The number of benzene rings is 3. The zero-order valence-electron chi connectivity index (χ0n) is 21.4. The fourth-order valence-corrected chi connectivity index (χ4v) is 5.10. The normalized spacial score (nSPS) is 11.2. The van der Waals surface area contributed by atoms with Crippen molar-refractivity contribution in [2.24, 2.45) is 0 Å². The molecule has 0 aliphatic heterocycles. The Labute approximate surface area is 215 Å². The largest absolute Gasteiger partial charge is 0.258 e. The molecule has 0 aliphatic rings. The van der Waals surface area contributed by atoms with Crippen LogP contribution in [0, 0.1) is 13.8 Å². The Morgan fingerprint density at radius 1 is 0.528 bits per heavy atom. The van der Waals surface area contributed by atoms with E-state index in [4.69, 9.17) is 4.98 Å². The van der Waals surface area contributed by atoms with Crippen LogP contribution in [0.1, 0.15) is 48.2 Å². The minimum absolute atomic E-state index is 1.00. The van der Waals surface area contributed by atoms with Crippen molar-refractivity contribution in [1.29, 1.82) is 0 Å². The van der Waals surface area contributed by atoms with Crippen LogP contribution >= 0.6 is 0 Å². The maximum Gasteiger partial charge on any atom is 0.0717 e. The zero-order chi connectivity index (χ0) is 24.7. The fourth-order valence-electron chi connectivity index (χ4n) is 5.10. The van der Waals surface area contributed by atoms with Gasteiger partial charge in [-0.1, -0.05) is 85.6 Å². The number of pyridine rings is 2. The molecule has 36 heavy (non-hydrogen) atoms. The highest BCUT2D eigenvalue weighted by Gasteiger charge is 2.11. The van der Waals surface area contributed by atoms with Crippen LogP contribution < -0.4 is 0 Å². The smallest absolute Gasteiger partial charge is 0.0717 e. The van der Waals surface area contributed by atoms with Crippen molar-refractivity contribution in [3.05, 3.63) is 120 Å². The summed E-state index contributed by atoms with van der Waals surface area (Å²) in [5, 5.41) is 1.20. The average molecular weight is 471 g/mol. The average Bonchev–Trinajstić information content (AvgIpc) is 2.90. The van der Waals surface area contributed by atoms with E-state index in [0.29, 0.717) is 0 Å². The van der Waals surface area contributed by atoms with Gasteiger partial charge in [0.1, 0.15) is 0 Å². The first kappa shape index (κ1) is 23.9. The molecule has 0 unspecified atom stereocenters. The molecule has 0 N–H and O–H groups in total. The summed E-state index contributed by atoms with van der Waals surface area (Å²) in [6.45, 7) is 4.09. The number of aromatic nitrogens is 2.